The first kappa shape index (κ1) is 19.0. The van der Waals surface area contributed by atoms with Crippen LogP contribution in [0.2, 0.25) is 0 Å². The Morgan fingerprint density at radius 2 is 1.72 bits per heavy atom. The van der Waals surface area contributed by atoms with Gasteiger partial charge in [0.05, 0.1) is 6.10 Å². The Labute approximate surface area is 150 Å². The molecular weight excluding hydrogens is 346 g/mol. The van der Waals surface area contributed by atoms with Crippen molar-refractivity contribution in [2.24, 2.45) is 5.73 Å². The van der Waals surface area contributed by atoms with Crippen molar-refractivity contribution in [3.05, 3.63) is 41.5 Å². The molecule has 0 spiro atoms. The Morgan fingerprint density at radius 3 is 2.32 bits per heavy atom. The second-order valence-electron chi connectivity index (χ2n) is 5.51. The topological polar surface area (TPSA) is 136 Å². The first-order valence-electron chi connectivity index (χ1n) is 7.59. The summed E-state index contributed by atoms with van der Waals surface area (Å²) in [5, 5.41) is 48.3. The van der Waals surface area contributed by atoms with Crippen LogP contribution >= 0.6 is 12.6 Å². The third-order valence-corrected chi connectivity index (χ3v) is 3.90. The minimum atomic E-state index is -0.933. The molecule has 2 atom stereocenters. The van der Waals surface area contributed by atoms with E-state index in [0.717, 1.165) is 5.75 Å². The molecule has 1 aliphatic rings. The number of phenolic OH excluding ortho intramolecular Hbond substituents is 4. The predicted molar refractivity (Wildman–Crippen MR) is 95.5 cm³/mol. The van der Waals surface area contributed by atoms with Crippen molar-refractivity contribution < 1.29 is 30.3 Å². The Balaban J connectivity index is 0.000000511. The van der Waals surface area contributed by atoms with Crippen LogP contribution in [0, 0.1) is 0 Å². The van der Waals surface area contributed by atoms with E-state index in [9.17, 15) is 25.5 Å². The standard InChI is InChI=1S/C15H14O6.C2H7NS/c16-8-4-11(18)9-6-13(20)15(21-14(9)5-8)7-1-2-10(17)12(19)3-7;3-1-2-4/h1-5,13,15-20H,6H2;4H,1-3H2/t13-,15-;/m1./s1. The van der Waals surface area contributed by atoms with Gasteiger partial charge in [-0.1, -0.05) is 6.07 Å². The maximum Gasteiger partial charge on any atom is 0.157 e. The van der Waals surface area contributed by atoms with Crippen LogP contribution in [0.1, 0.15) is 17.2 Å². The highest BCUT2D eigenvalue weighted by molar-refractivity contribution is 7.80. The Morgan fingerprint density at radius 1 is 1.04 bits per heavy atom. The third-order valence-electron chi connectivity index (χ3n) is 3.64. The van der Waals surface area contributed by atoms with Gasteiger partial charge in [-0.2, -0.15) is 12.6 Å². The smallest absolute Gasteiger partial charge is 0.157 e. The van der Waals surface area contributed by atoms with Gasteiger partial charge >= 0.3 is 0 Å². The first-order chi connectivity index (χ1) is 11.9. The monoisotopic (exact) mass is 367 g/mol. The van der Waals surface area contributed by atoms with Crippen LogP contribution in [0.15, 0.2) is 30.3 Å². The molecule has 7 N–H and O–H groups in total. The maximum absolute atomic E-state index is 10.2. The van der Waals surface area contributed by atoms with Crippen LogP contribution in [-0.2, 0) is 6.42 Å². The van der Waals surface area contributed by atoms with Crippen molar-refractivity contribution >= 4 is 12.6 Å². The molecule has 2 aromatic rings. The third kappa shape index (κ3) is 4.41. The Hall–Kier alpha value is -2.29. The van der Waals surface area contributed by atoms with Gasteiger partial charge in [-0.25, -0.2) is 0 Å². The summed E-state index contributed by atoms with van der Waals surface area (Å²) in [6.07, 6.45) is -1.56. The minimum absolute atomic E-state index is 0.143. The minimum Gasteiger partial charge on any atom is -0.508 e. The number of fused-ring (bicyclic) bond motifs is 1. The molecule has 0 amide bonds. The van der Waals surface area contributed by atoms with Crippen molar-refractivity contribution in [1.82, 2.24) is 0 Å². The number of ether oxygens (including phenoxy) is 1. The molecule has 1 aliphatic heterocycles. The molecule has 8 heteroatoms. The second kappa shape index (κ2) is 8.19. The molecule has 0 aliphatic carbocycles. The van der Waals surface area contributed by atoms with E-state index in [4.69, 9.17) is 10.5 Å². The molecule has 0 aromatic heterocycles. The van der Waals surface area contributed by atoms with E-state index in [0.29, 0.717) is 17.7 Å². The number of phenols is 4. The number of aliphatic hydroxyl groups excluding tert-OH is 1. The number of hydrogen-bond acceptors (Lipinski definition) is 8. The average Bonchev–Trinajstić information content (AvgIpc) is 2.58. The maximum atomic E-state index is 10.2. The number of rotatable bonds is 2. The zero-order valence-corrected chi connectivity index (χ0v) is 14.2. The Kier molecular flexibility index (Phi) is 6.24. The van der Waals surface area contributed by atoms with Crippen molar-refractivity contribution in [2.45, 2.75) is 18.6 Å². The van der Waals surface area contributed by atoms with Gasteiger partial charge in [0.25, 0.3) is 0 Å². The quantitative estimate of drug-likeness (QED) is 0.315. The number of thiol groups is 1. The van der Waals surface area contributed by atoms with Crippen LogP contribution in [0.3, 0.4) is 0 Å². The zero-order chi connectivity index (χ0) is 18.6. The summed E-state index contributed by atoms with van der Waals surface area (Å²) in [5.74, 6) is 0.203. The Bertz CT molecular complexity index is 737. The molecule has 0 saturated carbocycles. The summed E-state index contributed by atoms with van der Waals surface area (Å²) >= 11 is 3.80. The zero-order valence-electron chi connectivity index (χ0n) is 13.3. The van der Waals surface area contributed by atoms with Gasteiger partial charge in [0.15, 0.2) is 11.5 Å². The fourth-order valence-corrected chi connectivity index (χ4v) is 2.47. The molecule has 7 nitrogen and oxygen atoms in total. The number of nitrogens with two attached hydrogens (primary N) is 1. The summed E-state index contributed by atoms with van der Waals surface area (Å²) in [5.41, 5.74) is 5.85. The van der Waals surface area contributed by atoms with E-state index in [1.165, 1.54) is 30.3 Å². The second-order valence-corrected chi connectivity index (χ2v) is 5.96. The summed E-state index contributed by atoms with van der Waals surface area (Å²) in [4.78, 5) is 0. The average molecular weight is 367 g/mol. The van der Waals surface area contributed by atoms with E-state index in [1.54, 1.807) is 0 Å². The fourth-order valence-electron chi connectivity index (χ4n) is 2.47. The molecule has 3 rings (SSSR count). The van der Waals surface area contributed by atoms with Gasteiger partial charge in [0.2, 0.25) is 0 Å². The van der Waals surface area contributed by atoms with E-state index in [1.807, 2.05) is 0 Å². The molecule has 1 heterocycles. The summed E-state index contributed by atoms with van der Waals surface area (Å²) in [6, 6.07) is 6.67. The lowest BCUT2D eigenvalue weighted by atomic mass is 9.94. The van der Waals surface area contributed by atoms with Gasteiger partial charge in [-0.15, -0.1) is 0 Å². The van der Waals surface area contributed by atoms with Crippen molar-refractivity contribution in [3.63, 3.8) is 0 Å². The van der Waals surface area contributed by atoms with Gasteiger partial charge in [-0.05, 0) is 17.7 Å². The predicted octanol–water partition coefficient (Wildman–Crippen LogP) is 1.42. The molecule has 25 heavy (non-hydrogen) atoms. The highest BCUT2D eigenvalue weighted by Gasteiger charge is 2.32. The van der Waals surface area contributed by atoms with Crippen LogP contribution in [0.5, 0.6) is 28.7 Å². The van der Waals surface area contributed by atoms with Crippen LogP contribution in [0.4, 0.5) is 0 Å². The van der Waals surface area contributed by atoms with Crippen LogP contribution < -0.4 is 10.5 Å². The van der Waals surface area contributed by atoms with Crippen molar-refractivity contribution in [1.29, 1.82) is 0 Å². The molecule has 0 unspecified atom stereocenters. The molecule has 136 valence electrons. The summed E-state index contributed by atoms with van der Waals surface area (Å²) in [6.45, 7) is 0.684. The molecule has 0 radical (unpaired) electrons. The SMILES string of the molecule is NCCS.Oc1cc(O)c2c(c1)O[C@H](c1ccc(O)c(O)c1)[C@H](O)C2. The van der Waals surface area contributed by atoms with Gasteiger partial charge in [0, 0.05) is 36.4 Å². The van der Waals surface area contributed by atoms with E-state index < -0.39 is 12.2 Å². The highest BCUT2D eigenvalue weighted by Crippen LogP contribution is 2.42. The lowest BCUT2D eigenvalue weighted by Gasteiger charge is -2.31. The van der Waals surface area contributed by atoms with Crippen molar-refractivity contribution in [3.8, 4) is 28.7 Å². The number of benzene rings is 2. The molecule has 2 aromatic carbocycles. The molecular formula is C17H21NO6S. The van der Waals surface area contributed by atoms with Gasteiger partial charge in [-0.3, -0.25) is 0 Å². The normalized spacial score (nSPS) is 18.5. The lowest BCUT2D eigenvalue weighted by Crippen LogP contribution is -2.30. The van der Waals surface area contributed by atoms with Gasteiger partial charge < -0.3 is 36.0 Å². The van der Waals surface area contributed by atoms with Gasteiger partial charge in [0.1, 0.15) is 23.4 Å². The lowest BCUT2D eigenvalue weighted by molar-refractivity contribution is 0.0197. The van der Waals surface area contributed by atoms with Crippen LogP contribution in [-0.4, -0.2) is 43.9 Å². The van der Waals surface area contributed by atoms with Crippen molar-refractivity contribution in [2.75, 3.05) is 12.3 Å². The number of hydrogen-bond donors (Lipinski definition) is 7. The first-order valence-corrected chi connectivity index (χ1v) is 8.23. The fraction of sp³-hybridized carbons (Fsp3) is 0.294. The molecule has 0 fully saturated rings. The highest BCUT2D eigenvalue weighted by atomic mass is 32.1. The summed E-state index contributed by atoms with van der Waals surface area (Å²) < 4.78 is 5.62. The van der Waals surface area contributed by atoms with E-state index in [2.05, 4.69) is 12.6 Å². The van der Waals surface area contributed by atoms with E-state index >= 15 is 0 Å². The van der Waals surface area contributed by atoms with E-state index in [-0.39, 0.29) is 35.2 Å². The largest absolute Gasteiger partial charge is 0.508 e. The number of aromatic hydroxyl groups is 4. The number of aliphatic hydroxyl groups is 1. The molecule has 0 bridgehead atoms. The summed E-state index contributed by atoms with van der Waals surface area (Å²) in [7, 11) is 0. The molecule has 0 saturated heterocycles. The van der Waals surface area contributed by atoms with Crippen LogP contribution in [0.25, 0.3) is 0 Å².